The average Bonchev–Trinajstić information content (AvgIpc) is 1.90. The van der Waals surface area contributed by atoms with Gasteiger partial charge in [0, 0.05) is 0 Å². The Hall–Kier alpha value is -0.120. The van der Waals surface area contributed by atoms with Crippen LogP contribution in [0.1, 0.15) is 6.92 Å². The van der Waals surface area contributed by atoms with Crippen LogP contribution in [0.25, 0.3) is 0 Å². The molecule has 54 valence electrons. The molecule has 1 heterocycles. The van der Waals surface area contributed by atoms with E-state index in [-0.39, 0.29) is 18.8 Å². The number of ether oxygens (including phenoxy) is 2. The predicted octanol–water partition coefficient (Wildman–Crippen LogP) is -0.217. The Kier molecular flexibility index (Phi) is 2.45. The zero-order valence-electron chi connectivity index (χ0n) is 5.54. The van der Waals surface area contributed by atoms with E-state index < -0.39 is 0 Å². The average molecular weight is 132 g/mol. The second kappa shape index (κ2) is 3.15. The molecule has 1 N–H and O–H groups in total. The van der Waals surface area contributed by atoms with Crippen molar-refractivity contribution in [3.63, 3.8) is 0 Å². The van der Waals surface area contributed by atoms with Crippen LogP contribution < -0.4 is 0 Å². The molecule has 0 amide bonds. The fourth-order valence-corrected chi connectivity index (χ4v) is 0.745. The number of hydrogen-bond acceptors (Lipinski definition) is 3. The zero-order chi connectivity index (χ0) is 6.69. The molecule has 0 bridgehead atoms. The Morgan fingerprint density at radius 3 is 2.67 bits per heavy atom. The Labute approximate surface area is 54.6 Å². The Morgan fingerprint density at radius 1 is 1.44 bits per heavy atom. The summed E-state index contributed by atoms with van der Waals surface area (Å²) in [7, 11) is 0. The normalized spacial score (nSPS) is 36.7. The van der Waals surface area contributed by atoms with Crippen LogP contribution in [0.15, 0.2) is 0 Å². The van der Waals surface area contributed by atoms with Gasteiger partial charge in [0.1, 0.15) is 6.10 Å². The second-order valence-corrected chi connectivity index (χ2v) is 2.28. The van der Waals surface area contributed by atoms with Crippen molar-refractivity contribution in [3.8, 4) is 0 Å². The first-order chi connectivity index (χ1) is 4.33. The van der Waals surface area contributed by atoms with Gasteiger partial charge in [-0.2, -0.15) is 0 Å². The van der Waals surface area contributed by atoms with Crippen LogP contribution in [0.5, 0.6) is 0 Å². The van der Waals surface area contributed by atoms with E-state index in [1.54, 1.807) is 0 Å². The van der Waals surface area contributed by atoms with Gasteiger partial charge in [-0.1, -0.05) is 0 Å². The van der Waals surface area contributed by atoms with Crippen LogP contribution in [0.2, 0.25) is 0 Å². The summed E-state index contributed by atoms with van der Waals surface area (Å²) >= 11 is 0. The summed E-state index contributed by atoms with van der Waals surface area (Å²) in [4.78, 5) is 0. The fourth-order valence-electron chi connectivity index (χ4n) is 0.745. The Morgan fingerprint density at radius 2 is 2.22 bits per heavy atom. The highest BCUT2D eigenvalue weighted by atomic mass is 16.6. The molecule has 3 heteroatoms. The van der Waals surface area contributed by atoms with Gasteiger partial charge in [0.15, 0.2) is 0 Å². The van der Waals surface area contributed by atoms with Crippen LogP contribution in [-0.2, 0) is 9.47 Å². The van der Waals surface area contributed by atoms with E-state index in [1.165, 1.54) is 0 Å². The number of rotatable bonds is 1. The van der Waals surface area contributed by atoms with Gasteiger partial charge in [-0.3, -0.25) is 0 Å². The van der Waals surface area contributed by atoms with E-state index in [0.717, 1.165) is 0 Å². The standard InChI is InChI=1S/C6H12O3/c1-5-3-9-6(2-7)4-8-5/h5-7H,2-4H2,1H3/t5?,6-/m1/s1. The first-order valence-corrected chi connectivity index (χ1v) is 3.17. The molecule has 3 nitrogen and oxygen atoms in total. The summed E-state index contributed by atoms with van der Waals surface area (Å²) < 4.78 is 10.4. The van der Waals surface area contributed by atoms with Crippen molar-refractivity contribution < 1.29 is 14.6 Å². The molecule has 0 aromatic heterocycles. The predicted molar refractivity (Wildman–Crippen MR) is 32.2 cm³/mol. The minimum atomic E-state index is -0.0961. The van der Waals surface area contributed by atoms with Gasteiger partial charge in [0.05, 0.1) is 25.9 Å². The van der Waals surface area contributed by atoms with Crippen molar-refractivity contribution in [1.82, 2.24) is 0 Å². The maximum Gasteiger partial charge on any atom is 0.104 e. The second-order valence-electron chi connectivity index (χ2n) is 2.28. The van der Waals surface area contributed by atoms with Crippen molar-refractivity contribution >= 4 is 0 Å². The topological polar surface area (TPSA) is 38.7 Å². The lowest BCUT2D eigenvalue weighted by Gasteiger charge is -2.25. The molecule has 1 aliphatic heterocycles. The lowest BCUT2D eigenvalue weighted by Crippen LogP contribution is -2.35. The van der Waals surface area contributed by atoms with Gasteiger partial charge in [-0.15, -0.1) is 0 Å². The molecule has 9 heavy (non-hydrogen) atoms. The highest BCUT2D eigenvalue weighted by Crippen LogP contribution is 2.04. The van der Waals surface area contributed by atoms with Crippen LogP contribution >= 0.6 is 0 Å². The molecule has 1 saturated heterocycles. The smallest absolute Gasteiger partial charge is 0.104 e. The van der Waals surface area contributed by atoms with Crippen LogP contribution in [0.3, 0.4) is 0 Å². The molecule has 0 radical (unpaired) electrons. The highest BCUT2D eigenvalue weighted by Gasteiger charge is 2.17. The first-order valence-electron chi connectivity index (χ1n) is 3.17. The molecule has 0 aliphatic carbocycles. The lowest BCUT2D eigenvalue weighted by molar-refractivity contribution is -0.138. The third-order valence-corrected chi connectivity index (χ3v) is 1.34. The number of aliphatic hydroxyl groups is 1. The lowest BCUT2D eigenvalue weighted by atomic mass is 10.3. The molecule has 0 saturated carbocycles. The summed E-state index contributed by atoms with van der Waals surface area (Å²) in [5.41, 5.74) is 0. The Bertz CT molecular complexity index is 76.4. The highest BCUT2D eigenvalue weighted by molar-refractivity contribution is 4.62. The monoisotopic (exact) mass is 132 g/mol. The molecule has 2 atom stereocenters. The minimum Gasteiger partial charge on any atom is -0.394 e. The molecule has 0 aromatic carbocycles. The van der Waals surface area contributed by atoms with Gasteiger partial charge < -0.3 is 14.6 Å². The van der Waals surface area contributed by atoms with E-state index in [1.807, 2.05) is 6.92 Å². The quantitative estimate of drug-likeness (QED) is 0.536. The summed E-state index contributed by atoms with van der Waals surface area (Å²) in [5, 5.41) is 8.57. The van der Waals surface area contributed by atoms with Crippen LogP contribution in [-0.4, -0.2) is 37.1 Å². The van der Waals surface area contributed by atoms with E-state index >= 15 is 0 Å². The maximum atomic E-state index is 8.57. The molecule has 1 unspecified atom stereocenters. The molecule has 1 fully saturated rings. The molecule has 1 aliphatic rings. The van der Waals surface area contributed by atoms with E-state index in [4.69, 9.17) is 14.6 Å². The third-order valence-electron chi connectivity index (χ3n) is 1.34. The summed E-state index contributed by atoms with van der Waals surface area (Å²) in [6.07, 6.45) is 0.0917. The zero-order valence-corrected chi connectivity index (χ0v) is 5.54. The van der Waals surface area contributed by atoms with Gasteiger partial charge in [0.25, 0.3) is 0 Å². The van der Waals surface area contributed by atoms with Gasteiger partial charge in [-0.05, 0) is 6.92 Å². The summed E-state index contributed by atoms with van der Waals surface area (Å²) in [6, 6.07) is 0. The van der Waals surface area contributed by atoms with E-state index in [0.29, 0.717) is 13.2 Å². The summed E-state index contributed by atoms with van der Waals surface area (Å²) in [5.74, 6) is 0. The molecule has 0 spiro atoms. The Balaban J connectivity index is 2.18. The largest absolute Gasteiger partial charge is 0.394 e. The third kappa shape index (κ3) is 1.93. The summed E-state index contributed by atoms with van der Waals surface area (Å²) in [6.45, 7) is 3.14. The minimum absolute atomic E-state index is 0.0622. The van der Waals surface area contributed by atoms with Crippen molar-refractivity contribution in [1.29, 1.82) is 0 Å². The van der Waals surface area contributed by atoms with Crippen molar-refractivity contribution in [2.75, 3.05) is 19.8 Å². The molecular weight excluding hydrogens is 120 g/mol. The van der Waals surface area contributed by atoms with Gasteiger partial charge >= 0.3 is 0 Å². The fraction of sp³-hybridized carbons (Fsp3) is 1.00. The number of aliphatic hydroxyl groups excluding tert-OH is 1. The first kappa shape index (κ1) is 6.99. The van der Waals surface area contributed by atoms with Crippen molar-refractivity contribution in [3.05, 3.63) is 0 Å². The molecule has 1 rings (SSSR count). The van der Waals surface area contributed by atoms with E-state index in [9.17, 15) is 0 Å². The number of hydrogen-bond donors (Lipinski definition) is 1. The molecule has 0 aromatic rings. The van der Waals surface area contributed by atoms with Crippen molar-refractivity contribution in [2.45, 2.75) is 19.1 Å². The van der Waals surface area contributed by atoms with Crippen LogP contribution in [0.4, 0.5) is 0 Å². The van der Waals surface area contributed by atoms with Crippen LogP contribution in [0, 0.1) is 0 Å². The maximum absolute atomic E-state index is 8.57. The van der Waals surface area contributed by atoms with Gasteiger partial charge in [0.2, 0.25) is 0 Å². The van der Waals surface area contributed by atoms with Crippen molar-refractivity contribution in [2.24, 2.45) is 0 Å². The molecular formula is C6H12O3. The SMILES string of the molecule is CC1CO[C@H](CO)CO1. The van der Waals surface area contributed by atoms with Gasteiger partial charge in [-0.25, -0.2) is 0 Å². The van der Waals surface area contributed by atoms with E-state index in [2.05, 4.69) is 0 Å².